The molecule has 0 aliphatic carbocycles. The van der Waals surface area contributed by atoms with Gasteiger partial charge in [0.25, 0.3) is 0 Å². The number of hydrogen-bond donors (Lipinski definition) is 0. The fourth-order valence-electron chi connectivity index (χ4n) is 1.20. The molecule has 1 saturated heterocycles. The van der Waals surface area contributed by atoms with Crippen LogP contribution in [0.3, 0.4) is 0 Å². The van der Waals surface area contributed by atoms with E-state index < -0.39 is 7.91 Å². The van der Waals surface area contributed by atoms with Gasteiger partial charge in [0.2, 0.25) is 0 Å². The molecule has 1 aliphatic heterocycles. The molecule has 0 spiro atoms. The van der Waals surface area contributed by atoms with Gasteiger partial charge in [-0.25, -0.2) is 4.57 Å². The van der Waals surface area contributed by atoms with Gasteiger partial charge in [0.05, 0.1) is 19.8 Å². The van der Waals surface area contributed by atoms with Crippen molar-refractivity contribution in [1.82, 2.24) is 0 Å². The molecule has 0 radical (unpaired) electrons. The van der Waals surface area contributed by atoms with E-state index in [-0.39, 0.29) is 18.6 Å². The van der Waals surface area contributed by atoms with Crippen LogP contribution in [-0.4, -0.2) is 26.9 Å². The van der Waals surface area contributed by atoms with E-state index in [1.165, 1.54) is 0 Å². The largest absolute Gasteiger partial charge is 0.513 e. The molecule has 0 aromatic rings. The van der Waals surface area contributed by atoms with E-state index in [0.29, 0.717) is 6.61 Å². The van der Waals surface area contributed by atoms with Crippen molar-refractivity contribution in [2.45, 2.75) is 13.3 Å². The molecule has 1 fully saturated rings. The van der Waals surface area contributed by atoms with Gasteiger partial charge in [-0.05, 0) is 6.42 Å². The molecule has 4 nitrogen and oxygen atoms in total. The van der Waals surface area contributed by atoms with Crippen molar-refractivity contribution in [3.63, 3.8) is 0 Å². The first-order valence-corrected chi connectivity index (χ1v) is 5.55. The van der Waals surface area contributed by atoms with E-state index >= 15 is 0 Å². The highest BCUT2D eigenvalue weighted by Gasteiger charge is 2.41. The average Bonchev–Trinajstić information content (AvgIpc) is 2.10. The van der Waals surface area contributed by atoms with Crippen molar-refractivity contribution in [3.05, 3.63) is 0 Å². The van der Waals surface area contributed by atoms with E-state index in [9.17, 15) is 8.76 Å². The molecule has 0 aromatic heterocycles. The maximum absolute atomic E-state index is 12.7. The first kappa shape index (κ1) is 11.1. The fraction of sp³-hybridized carbons (Fsp3) is 1.00. The smallest absolute Gasteiger partial charge is 0.384 e. The number of rotatable bonds is 3. The number of halogens is 1. The molecule has 0 bridgehead atoms. The molecule has 0 aromatic carbocycles. The maximum Gasteiger partial charge on any atom is 0.513 e. The third-order valence-corrected chi connectivity index (χ3v) is 3.13. The van der Waals surface area contributed by atoms with Gasteiger partial charge in [0.15, 0.2) is 0 Å². The molecule has 0 saturated carbocycles. The Morgan fingerprint density at radius 1 is 1.54 bits per heavy atom. The highest BCUT2D eigenvalue weighted by atomic mass is 31.2. The summed E-state index contributed by atoms with van der Waals surface area (Å²) in [6.45, 7) is 2.53. The van der Waals surface area contributed by atoms with Gasteiger partial charge < -0.3 is 4.74 Å². The van der Waals surface area contributed by atoms with Crippen LogP contribution < -0.4 is 0 Å². The Labute approximate surface area is 77.0 Å². The van der Waals surface area contributed by atoms with Crippen molar-refractivity contribution < 1.29 is 22.5 Å². The Balaban J connectivity index is 2.57. The Morgan fingerprint density at radius 3 is 2.46 bits per heavy atom. The van der Waals surface area contributed by atoms with Crippen LogP contribution in [0.25, 0.3) is 0 Å². The molecule has 0 unspecified atom stereocenters. The Bertz CT molecular complexity index is 209. The Hall–Kier alpha value is 0.0400. The molecule has 1 heterocycles. The van der Waals surface area contributed by atoms with Crippen LogP contribution in [0.15, 0.2) is 0 Å². The van der Waals surface area contributed by atoms with Crippen LogP contribution in [0, 0.1) is 5.41 Å². The summed E-state index contributed by atoms with van der Waals surface area (Å²) >= 11 is 0. The molecule has 0 N–H and O–H groups in total. The van der Waals surface area contributed by atoms with Gasteiger partial charge in [-0.1, -0.05) is 6.92 Å². The van der Waals surface area contributed by atoms with Gasteiger partial charge in [-0.3, -0.25) is 9.05 Å². The molecule has 13 heavy (non-hydrogen) atoms. The lowest BCUT2D eigenvalue weighted by Gasteiger charge is -2.35. The highest BCUT2D eigenvalue weighted by molar-refractivity contribution is 7.48. The van der Waals surface area contributed by atoms with Gasteiger partial charge in [-0.2, -0.15) is 0 Å². The van der Waals surface area contributed by atoms with E-state index in [1.54, 1.807) is 7.11 Å². The summed E-state index contributed by atoms with van der Waals surface area (Å²) in [5.74, 6) is 0. The number of hydrogen-bond acceptors (Lipinski definition) is 4. The van der Waals surface area contributed by atoms with Crippen molar-refractivity contribution >= 4 is 7.91 Å². The van der Waals surface area contributed by atoms with E-state index in [2.05, 4.69) is 9.05 Å². The van der Waals surface area contributed by atoms with E-state index in [1.807, 2.05) is 6.92 Å². The minimum Gasteiger partial charge on any atom is -0.384 e. The monoisotopic (exact) mass is 212 g/mol. The average molecular weight is 212 g/mol. The molecule has 0 atom stereocenters. The van der Waals surface area contributed by atoms with Crippen LogP contribution in [0.1, 0.15) is 13.3 Å². The number of ether oxygens (including phenoxy) is 1. The van der Waals surface area contributed by atoms with Crippen LogP contribution in [0.5, 0.6) is 0 Å². The Kier molecular flexibility index (Phi) is 3.46. The van der Waals surface area contributed by atoms with Gasteiger partial charge >= 0.3 is 7.91 Å². The fourth-order valence-corrected chi connectivity index (χ4v) is 2.13. The SMILES string of the molecule is CCC1(COC)COP(=O)(F)OC1. The molecule has 6 heteroatoms. The quantitative estimate of drug-likeness (QED) is 0.672. The minimum atomic E-state index is -4.26. The van der Waals surface area contributed by atoms with Crippen LogP contribution in [0.2, 0.25) is 0 Å². The molecule has 1 rings (SSSR count). The summed E-state index contributed by atoms with van der Waals surface area (Å²) < 4.78 is 37.3. The topological polar surface area (TPSA) is 44.8 Å². The van der Waals surface area contributed by atoms with Gasteiger partial charge in [0.1, 0.15) is 0 Å². The lowest BCUT2D eigenvalue weighted by atomic mass is 9.88. The third kappa shape index (κ3) is 2.74. The minimum absolute atomic E-state index is 0.0884. The normalized spacial score (nSPS) is 40.5. The highest BCUT2D eigenvalue weighted by Crippen LogP contribution is 2.55. The second kappa shape index (κ2) is 4.05. The number of methoxy groups -OCH3 is 1. The van der Waals surface area contributed by atoms with Crippen molar-refractivity contribution in [2.75, 3.05) is 26.9 Å². The van der Waals surface area contributed by atoms with Crippen LogP contribution in [0.4, 0.5) is 4.20 Å². The lowest BCUT2D eigenvalue weighted by molar-refractivity contribution is -0.0435. The molecule has 0 amide bonds. The third-order valence-electron chi connectivity index (χ3n) is 2.25. The van der Waals surface area contributed by atoms with E-state index in [0.717, 1.165) is 6.42 Å². The molecule has 1 aliphatic rings. The summed E-state index contributed by atoms with van der Waals surface area (Å²) in [6.07, 6.45) is 0.737. The predicted octanol–water partition coefficient (Wildman–Crippen LogP) is 2.15. The standard InChI is InChI=1S/C7H14FO4P/c1-3-7(4-10-2)5-11-13(8,9)12-6-7/h3-6H2,1-2H3. The van der Waals surface area contributed by atoms with Crippen molar-refractivity contribution in [1.29, 1.82) is 0 Å². The summed E-state index contributed by atoms with van der Waals surface area (Å²) in [4.78, 5) is 0. The Morgan fingerprint density at radius 2 is 2.08 bits per heavy atom. The summed E-state index contributed by atoms with van der Waals surface area (Å²) in [6, 6.07) is 0. The second-order valence-corrected chi connectivity index (χ2v) is 4.64. The van der Waals surface area contributed by atoms with Crippen molar-refractivity contribution in [3.8, 4) is 0 Å². The zero-order chi connectivity index (χ0) is 9.95. The van der Waals surface area contributed by atoms with Crippen LogP contribution in [-0.2, 0) is 18.3 Å². The maximum atomic E-state index is 12.7. The molecular formula is C7H14FO4P. The predicted molar refractivity (Wildman–Crippen MR) is 45.2 cm³/mol. The summed E-state index contributed by atoms with van der Waals surface area (Å²) in [5, 5.41) is 0. The second-order valence-electron chi connectivity index (χ2n) is 3.26. The first-order chi connectivity index (χ1) is 6.04. The van der Waals surface area contributed by atoms with Gasteiger partial charge in [0, 0.05) is 12.5 Å². The van der Waals surface area contributed by atoms with Gasteiger partial charge in [-0.15, -0.1) is 4.20 Å². The lowest BCUT2D eigenvalue weighted by Crippen LogP contribution is -2.38. The van der Waals surface area contributed by atoms with Crippen LogP contribution >= 0.6 is 7.91 Å². The van der Waals surface area contributed by atoms with E-state index in [4.69, 9.17) is 4.74 Å². The summed E-state index contributed by atoms with van der Waals surface area (Å²) in [5.41, 5.74) is -0.352. The zero-order valence-electron chi connectivity index (χ0n) is 7.79. The zero-order valence-corrected chi connectivity index (χ0v) is 8.68. The van der Waals surface area contributed by atoms with Crippen molar-refractivity contribution in [2.24, 2.45) is 5.41 Å². The summed E-state index contributed by atoms with van der Waals surface area (Å²) in [7, 11) is -2.70. The molecule has 78 valence electrons. The first-order valence-electron chi connectivity index (χ1n) is 4.11. The molecular weight excluding hydrogens is 198 g/mol.